The third kappa shape index (κ3) is 1.53. The number of carbonyl (C=O) groups is 1. The molecule has 0 spiro atoms. The highest BCUT2D eigenvalue weighted by Gasteiger charge is 2.46. The van der Waals surface area contributed by atoms with Crippen LogP contribution in [0.1, 0.15) is 42.9 Å². The largest absolute Gasteiger partial charge is 0.481 e. The maximum Gasteiger partial charge on any atom is 0.314 e. The van der Waals surface area contributed by atoms with Crippen molar-refractivity contribution in [3.05, 3.63) is 34.9 Å². The van der Waals surface area contributed by atoms with Crippen molar-refractivity contribution in [1.29, 1.82) is 0 Å². The SMILES string of the molecule is CCc1ccc(C)c(C2(C(=O)O)CCC2)c1. The number of rotatable bonds is 3. The molecule has 0 radical (unpaired) electrons. The number of hydrogen-bond donors (Lipinski definition) is 1. The Kier molecular flexibility index (Phi) is 2.75. The zero-order valence-corrected chi connectivity index (χ0v) is 9.92. The molecule has 0 unspecified atom stereocenters. The lowest BCUT2D eigenvalue weighted by Gasteiger charge is -2.39. The van der Waals surface area contributed by atoms with E-state index >= 15 is 0 Å². The second-order valence-corrected chi connectivity index (χ2v) is 4.74. The van der Waals surface area contributed by atoms with E-state index < -0.39 is 11.4 Å². The first-order chi connectivity index (χ1) is 7.60. The molecule has 1 saturated carbocycles. The molecule has 1 fully saturated rings. The zero-order valence-electron chi connectivity index (χ0n) is 9.92. The Hall–Kier alpha value is -1.31. The smallest absolute Gasteiger partial charge is 0.314 e. The van der Waals surface area contributed by atoms with E-state index in [1.165, 1.54) is 5.56 Å². The topological polar surface area (TPSA) is 37.3 Å². The summed E-state index contributed by atoms with van der Waals surface area (Å²) in [7, 11) is 0. The maximum absolute atomic E-state index is 11.5. The molecule has 1 aliphatic carbocycles. The summed E-state index contributed by atoms with van der Waals surface area (Å²) in [5.74, 6) is -0.657. The Morgan fingerprint density at radius 2 is 2.12 bits per heavy atom. The van der Waals surface area contributed by atoms with Gasteiger partial charge >= 0.3 is 5.97 Å². The van der Waals surface area contributed by atoms with Gasteiger partial charge in [0.05, 0.1) is 5.41 Å². The van der Waals surface area contributed by atoms with Crippen LogP contribution in [0.4, 0.5) is 0 Å². The maximum atomic E-state index is 11.5. The van der Waals surface area contributed by atoms with Crippen LogP contribution in [-0.4, -0.2) is 11.1 Å². The number of hydrogen-bond acceptors (Lipinski definition) is 1. The molecule has 0 atom stereocenters. The van der Waals surface area contributed by atoms with Crippen LogP contribution < -0.4 is 0 Å². The summed E-state index contributed by atoms with van der Waals surface area (Å²) in [4.78, 5) is 11.5. The normalized spacial score (nSPS) is 17.9. The first kappa shape index (κ1) is 11.2. The standard InChI is InChI=1S/C14H18O2/c1-3-11-6-5-10(2)12(9-11)14(13(15)16)7-4-8-14/h5-6,9H,3-4,7-8H2,1-2H3,(H,15,16). The molecule has 1 aliphatic rings. The van der Waals surface area contributed by atoms with E-state index in [2.05, 4.69) is 25.1 Å². The van der Waals surface area contributed by atoms with Gasteiger partial charge in [-0.25, -0.2) is 0 Å². The third-order valence-corrected chi connectivity index (χ3v) is 3.84. The molecular weight excluding hydrogens is 200 g/mol. The number of carboxylic acids is 1. The number of aryl methyl sites for hydroxylation is 2. The molecule has 0 aromatic heterocycles. The third-order valence-electron chi connectivity index (χ3n) is 3.84. The van der Waals surface area contributed by atoms with E-state index in [9.17, 15) is 9.90 Å². The quantitative estimate of drug-likeness (QED) is 0.846. The van der Waals surface area contributed by atoms with Gasteiger partial charge in [0.25, 0.3) is 0 Å². The molecule has 86 valence electrons. The van der Waals surface area contributed by atoms with Crippen molar-refractivity contribution in [3.8, 4) is 0 Å². The lowest BCUT2D eigenvalue weighted by Crippen LogP contribution is -2.42. The minimum Gasteiger partial charge on any atom is -0.481 e. The van der Waals surface area contributed by atoms with Gasteiger partial charge in [-0.15, -0.1) is 0 Å². The first-order valence-corrected chi connectivity index (χ1v) is 5.93. The van der Waals surface area contributed by atoms with E-state index in [1.54, 1.807) is 0 Å². The van der Waals surface area contributed by atoms with Gasteiger partial charge in [-0.3, -0.25) is 4.79 Å². The summed E-state index contributed by atoms with van der Waals surface area (Å²) in [6, 6.07) is 6.23. The summed E-state index contributed by atoms with van der Waals surface area (Å²) in [5, 5.41) is 9.43. The average molecular weight is 218 g/mol. The molecule has 2 nitrogen and oxygen atoms in total. The van der Waals surface area contributed by atoms with Crippen molar-refractivity contribution in [3.63, 3.8) is 0 Å². The zero-order chi connectivity index (χ0) is 11.8. The van der Waals surface area contributed by atoms with Crippen molar-refractivity contribution < 1.29 is 9.90 Å². The summed E-state index contributed by atoms with van der Waals surface area (Å²) in [6.07, 6.45) is 3.57. The molecular formula is C14H18O2. The molecule has 2 rings (SSSR count). The van der Waals surface area contributed by atoms with Crippen LogP contribution >= 0.6 is 0 Å². The molecule has 0 bridgehead atoms. The Bertz CT molecular complexity index is 417. The van der Waals surface area contributed by atoms with Crippen molar-refractivity contribution >= 4 is 5.97 Å². The Morgan fingerprint density at radius 3 is 2.56 bits per heavy atom. The van der Waals surface area contributed by atoms with E-state index in [4.69, 9.17) is 0 Å². The molecule has 0 aliphatic heterocycles. The fourth-order valence-electron chi connectivity index (χ4n) is 2.53. The van der Waals surface area contributed by atoms with Crippen molar-refractivity contribution in [1.82, 2.24) is 0 Å². The predicted molar refractivity (Wildman–Crippen MR) is 63.7 cm³/mol. The predicted octanol–water partition coefficient (Wildman–Crippen LogP) is 3.06. The minimum atomic E-state index is -0.657. The lowest BCUT2D eigenvalue weighted by atomic mass is 9.63. The van der Waals surface area contributed by atoms with Crippen LogP contribution in [0.25, 0.3) is 0 Å². The van der Waals surface area contributed by atoms with Gasteiger partial charge in [-0.2, -0.15) is 0 Å². The minimum absolute atomic E-state index is 0.588. The number of benzene rings is 1. The van der Waals surface area contributed by atoms with E-state index in [-0.39, 0.29) is 0 Å². The Balaban J connectivity index is 2.49. The monoisotopic (exact) mass is 218 g/mol. The molecule has 0 heterocycles. The van der Waals surface area contributed by atoms with Gasteiger partial charge in [0.15, 0.2) is 0 Å². The highest BCUT2D eigenvalue weighted by molar-refractivity contribution is 5.83. The highest BCUT2D eigenvalue weighted by atomic mass is 16.4. The first-order valence-electron chi connectivity index (χ1n) is 5.93. The van der Waals surface area contributed by atoms with Crippen LogP contribution in [0.15, 0.2) is 18.2 Å². The molecule has 16 heavy (non-hydrogen) atoms. The highest BCUT2D eigenvalue weighted by Crippen LogP contribution is 2.45. The van der Waals surface area contributed by atoms with Gasteiger partial charge < -0.3 is 5.11 Å². The van der Waals surface area contributed by atoms with Gasteiger partial charge in [-0.05, 0) is 42.9 Å². The van der Waals surface area contributed by atoms with Gasteiger partial charge in [0.2, 0.25) is 0 Å². The fourth-order valence-corrected chi connectivity index (χ4v) is 2.53. The summed E-state index contributed by atoms with van der Waals surface area (Å²) in [5.41, 5.74) is 2.79. The molecule has 0 amide bonds. The van der Waals surface area contributed by atoms with Crippen LogP contribution in [0, 0.1) is 6.92 Å². The Morgan fingerprint density at radius 1 is 1.44 bits per heavy atom. The van der Waals surface area contributed by atoms with Gasteiger partial charge in [-0.1, -0.05) is 31.5 Å². The summed E-state index contributed by atoms with van der Waals surface area (Å²) < 4.78 is 0. The summed E-state index contributed by atoms with van der Waals surface area (Å²) in [6.45, 7) is 4.11. The van der Waals surface area contributed by atoms with Crippen molar-refractivity contribution in [2.24, 2.45) is 0 Å². The fraction of sp³-hybridized carbons (Fsp3) is 0.500. The van der Waals surface area contributed by atoms with Gasteiger partial charge in [0, 0.05) is 0 Å². The van der Waals surface area contributed by atoms with Crippen molar-refractivity contribution in [2.45, 2.75) is 44.9 Å². The Labute approximate surface area is 96.3 Å². The molecule has 1 N–H and O–H groups in total. The van der Waals surface area contributed by atoms with Gasteiger partial charge in [0.1, 0.15) is 0 Å². The molecule has 0 saturated heterocycles. The van der Waals surface area contributed by atoms with E-state index in [1.807, 2.05) is 6.92 Å². The van der Waals surface area contributed by atoms with Crippen LogP contribution in [0.5, 0.6) is 0 Å². The van der Waals surface area contributed by atoms with Crippen LogP contribution in [-0.2, 0) is 16.6 Å². The molecule has 1 aromatic carbocycles. The van der Waals surface area contributed by atoms with E-state index in [0.29, 0.717) is 0 Å². The molecule has 2 heteroatoms. The van der Waals surface area contributed by atoms with E-state index in [0.717, 1.165) is 36.8 Å². The lowest BCUT2D eigenvalue weighted by molar-refractivity contribution is -0.147. The summed E-state index contributed by atoms with van der Waals surface area (Å²) >= 11 is 0. The molecule has 1 aromatic rings. The second kappa shape index (κ2) is 3.93. The number of aliphatic carboxylic acids is 1. The van der Waals surface area contributed by atoms with Crippen LogP contribution in [0.3, 0.4) is 0 Å². The second-order valence-electron chi connectivity index (χ2n) is 4.74. The number of carboxylic acid groups (broad SMARTS) is 1. The van der Waals surface area contributed by atoms with Crippen molar-refractivity contribution in [2.75, 3.05) is 0 Å². The average Bonchev–Trinajstić information content (AvgIpc) is 2.18. The van der Waals surface area contributed by atoms with Crippen LogP contribution in [0.2, 0.25) is 0 Å².